The van der Waals surface area contributed by atoms with Crippen molar-refractivity contribution in [2.45, 2.75) is 29.7 Å². The summed E-state index contributed by atoms with van der Waals surface area (Å²) in [6, 6.07) is 11.2. The number of benzene rings is 1. The Morgan fingerprint density at radius 1 is 1.35 bits per heavy atom. The van der Waals surface area contributed by atoms with Gasteiger partial charge in [0.05, 0.1) is 17.9 Å². The Kier molecular flexibility index (Phi) is 5.03. The molecule has 0 unspecified atom stereocenters. The fourth-order valence-electron chi connectivity index (χ4n) is 2.38. The van der Waals surface area contributed by atoms with Crippen LogP contribution in [-0.4, -0.2) is 28.0 Å². The highest BCUT2D eigenvalue weighted by molar-refractivity contribution is 8.00. The molecule has 2 atom stereocenters. The van der Waals surface area contributed by atoms with Crippen LogP contribution in [-0.2, 0) is 4.79 Å². The van der Waals surface area contributed by atoms with E-state index in [1.807, 2.05) is 31.2 Å². The first-order chi connectivity index (χ1) is 11.1. The lowest BCUT2D eigenvalue weighted by atomic mass is 10.0. The molecular weight excluding hydrogens is 334 g/mol. The van der Waals surface area contributed by atoms with E-state index in [4.69, 9.17) is 16.3 Å². The molecule has 1 aromatic carbocycles. The molecule has 2 aromatic rings. The molecule has 0 fully saturated rings. The number of amides is 1. The predicted molar refractivity (Wildman–Crippen MR) is 89.8 cm³/mol. The molecule has 1 aliphatic rings. The molecule has 1 amide bonds. The van der Waals surface area contributed by atoms with Crippen molar-refractivity contribution in [3.05, 3.63) is 47.1 Å². The summed E-state index contributed by atoms with van der Waals surface area (Å²) in [5.41, 5.74) is 1.02. The molecule has 1 aliphatic heterocycles. The van der Waals surface area contributed by atoms with Crippen LogP contribution in [0.4, 0.5) is 0 Å². The number of halogens is 1. The lowest BCUT2D eigenvalue weighted by molar-refractivity contribution is -0.121. The number of aromatic nitrogens is 2. The Morgan fingerprint density at radius 3 is 2.96 bits per heavy atom. The number of fused-ring (bicyclic) bond motifs is 1. The Hall–Kier alpha value is -1.79. The van der Waals surface area contributed by atoms with Gasteiger partial charge in [0.1, 0.15) is 10.8 Å². The number of nitrogens with one attached hydrogen (secondary N) is 1. The second kappa shape index (κ2) is 7.19. The molecule has 3 rings (SSSR count). The molecule has 0 spiro atoms. The summed E-state index contributed by atoms with van der Waals surface area (Å²) in [7, 11) is 0. The Balaban J connectivity index is 1.64. The standard InChI is InChI=1S/C16H16ClN3O2S/c1-10(23-15-7-6-14(17)19-20-15)16(21)18-12-8-9-22-13-5-3-2-4-11(12)13/h2-7,10,12H,8-9H2,1H3,(H,18,21)/t10-,12+/m1/s1. The van der Waals surface area contributed by atoms with Crippen LogP contribution in [0.2, 0.25) is 5.15 Å². The third kappa shape index (κ3) is 3.95. The summed E-state index contributed by atoms with van der Waals surface area (Å²) in [6.45, 7) is 2.45. The Labute approximate surface area is 143 Å². The zero-order valence-corrected chi connectivity index (χ0v) is 14.1. The van der Waals surface area contributed by atoms with Crippen molar-refractivity contribution < 1.29 is 9.53 Å². The molecular formula is C16H16ClN3O2S. The van der Waals surface area contributed by atoms with Crippen molar-refractivity contribution in [2.24, 2.45) is 0 Å². The van der Waals surface area contributed by atoms with E-state index in [0.29, 0.717) is 16.8 Å². The van der Waals surface area contributed by atoms with Crippen LogP contribution in [0.5, 0.6) is 5.75 Å². The van der Waals surface area contributed by atoms with E-state index in [1.54, 1.807) is 12.1 Å². The minimum atomic E-state index is -0.277. The highest BCUT2D eigenvalue weighted by Gasteiger charge is 2.25. The van der Waals surface area contributed by atoms with Gasteiger partial charge in [0.15, 0.2) is 5.15 Å². The van der Waals surface area contributed by atoms with Gasteiger partial charge >= 0.3 is 0 Å². The van der Waals surface area contributed by atoms with Crippen LogP contribution >= 0.6 is 23.4 Å². The molecule has 0 bridgehead atoms. The summed E-state index contributed by atoms with van der Waals surface area (Å²) >= 11 is 7.07. The van der Waals surface area contributed by atoms with E-state index in [9.17, 15) is 4.79 Å². The summed E-state index contributed by atoms with van der Waals surface area (Å²) in [6.07, 6.45) is 0.765. The number of carbonyl (C=O) groups excluding carboxylic acids is 1. The summed E-state index contributed by atoms with van der Waals surface area (Å²) in [4.78, 5) is 12.4. The van der Waals surface area contributed by atoms with E-state index in [2.05, 4.69) is 15.5 Å². The van der Waals surface area contributed by atoms with Gasteiger partial charge in [0.25, 0.3) is 0 Å². The van der Waals surface area contributed by atoms with Crippen LogP contribution in [0, 0.1) is 0 Å². The number of thioether (sulfide) groups is 1. The maximum Gasteiger partial charge on any atom is 0.233 e. The van der Waals surface area contributed by atoms with Gasteiger partial charge in [0.2, 0.25) is 5.91 Å². The molecule has 0 saturated carbocycles. The Bertz CT molecular complexity index is 696. The molecule has 1 aromatic heterocycles. The first-order valence-electron chi connectivity index (χ1n) is 7.31. The summed E-state index contributed by atoms with van der Waals surface area (Å²) < 4.78 is 5.62. The van der Waals surface area contributed by atoms with Crippen molar-refractivity contribution >= 4 is 29.3 Å². The first kappa shape index (κ1) is 16.1. The first-order valence-corrected chi connectivity index (χ1v) is 8.57. The smallest absolute Gasteiger partial charge is 0.233 e. The van der Waals surface area contributed by atoms with E-state index >= 15 is 0 Å². The molecule has 120 valence electrons. The van der Waals surface area contributed by atoms with E-state index in [0.717, 1.165) is 17.7 Å². The fraction of sp³-hybridized carbons (Fsp3) is 0.312. The number of para-hydroxylation sites is 1. The second-order valence-electron chi connectivity index (χ2n) is 5.19. The van der Waals surface area contributed by atoms with Gasteiger partial charge < -0.3 is 10.1 Å². The number of nitrogens with zero attached hydrogens (tertiary/aromatic N) is 2. The highest BCUT2D eigenvalue weighted by Crippen LogP contribution is 2.32. The van der Waals surface area contributed by atoms with Crippen LogP contribution in [0.15, 0.2) is 41.4 Å². The highest BCUT2D eigenvalue weighted by atomic mass is 35.5. The third-order valence-corrected chi connectivity index (χ3v) is 4.78. The number of hydrogen-bond acceptors (Lipinski definition) is 5. The van der Waals surface area contributed by atoms with Gasteiger partial charge in [-0.15, -0.1) is 10.2 Å². The van der Waals surface area contributed by atoms with Crippen molar-refractivity contribution in [1.82, 2.24) is 15.5 Å². The normalized spacial score (nSPS) is 17.7. The number of rotatable bonds is 4. The van der Waals surface area contributed by atoms with Crippen LogP contribution in [0.1, 0.15) is 24.9 Å². The van der Waals surface area contributed by atoms with Crippen molar-refractivity contribution in [2.75, 3.05) is 6.61 Å². The van der Waals surface area contributed by atoms with Crippen molar-refractivity contribution in [1.29, 1.82) is 0 Å². The second-order valence-corrected chi connectivity index (χ2v) is 6.94. The largest absolute Gasteiger partial charge is 0.493 e. The quantitative estimate of drug-likeness (QED) is 0.858. The molecule has 23 heavy (non-hydrogen) atoms. The molecule has 7 heteroatoms. The van der Waals surface area contributed by atoms with Crippen molar-refractivity contribution in [3.63, 3.8) is 0 Å². The zero-order chi connectivity index (χ0) is 16.2. The summed E-state index contributed by atoms with van der Waals surface area (Å²) in [5, 5.41) is 11.6. The minimum absolute atomic E-state index is 0.0215. The van der Waals surface area contributed by atoms with Gasteiger partial charge in [-0.1, -0.05) is 41.6 Å². The topological polar surface area (TPSA) is 64.1 Å². The SMILES string of the molecule is C[C@@H](Sc1ccc(Cl)nn1)C(=O)N[C@H]1CCOc2ccccc21. The Morgan fingerprint density at radius 2 is 2.17 bits per heavy atom. The van der Waals surface area contributed by atoms with Crippen LogP contribution in [0.25, 0.3) is 0 Å². The van der Waals surface area contributed by atoms with E-state index in [1.165, 1.54) is 11.8 Å². The predicted octanol–water partition coefficient (Wildman–Crippen LogP) is 3.25. The monoisotopic (exact) mass is 349 g/mol. The lowest BCUT2D eigenvalue weighted by Crippen LogP contribution is -2.36. The molecule has 5 nitrogen and oxygen atoms in total. The summed E-state index contributed by atoms with van der Waals surface area (Å²) in [5.74, 6) is 0.807. The van der Waals surface area contributed by atoms with Gasteiger partial charge in [-0.05, 0) is 25.1 Å². The fourth-order valence-corrected chi connectivity index (χ4v) is 3.26. The maximum absolute atomic E-state index is 12.4. The van der Waals surface area contributed by atoms with Crippen LogP contribution in [0.3, 0.4) is 0 Å². The van der Waals surface area contributed by atoms with Gasteiger partial charge in [-0.3, -0.25) is 4.79 Å². The average molecular weight is 350 g/mol. The molecule has 0 aliphatic carbocycles. The average Bonchev–Trinajstić information content (AvgIpc) is 2.57. The maximum atomic E-state index is 12.4. The van der Waals surface area contributed by atoms with Gasteiger partial charge in [0, 0.05) is 12.0 Å². The lowest BCUT2D eigenvalue weighted by Gasteiger charge is -2.27. The number of ether oxygens (including phenoxy) is 1. The third-order valence-electron chi connectivity index (χ3n) is 3.55. The molecule has 0 radical (unpaired) electrons. The van der Waals surface area contributed by atoms with Gasteiger partial charge in [-0.2, -0.15) is 0 Å². The number of hydrogen-bond donors (Lipinski definition) is 1. The van der Waals surface area contributed by atoms with E-state index < -0.39 is 0 Å². The molecule has 1 N–H and O–H groups in total. The zero-order valence-electron chi connectivity index (χ0n) is 12.5. The van der Waals surface area contributed by atoms with Gasteiger partial charge in [-0.25, -0.2) is 0 Å². The number of carbonyl (C=O) groups is 1. The molecule has 0 saturated heterocycles. The van der Waals surface area contributed by atoms with E-state index in [-0.39, 0.29) is 17.2 Å². The van der Waals surface area contributed by atoms with Crippen molar-refractivity contribution in [3.8, 4) is 5.75 Å². The molecule has 2 heterocycles. The van der Waals surface area contributed by atoms with Crippen LogP contribution < -0.4 is 10.1 Å². The minimum Gasteiger partial charge on any atom is -0.493 e.